The van der Waals surface area contributed by atoms with Crippen molar-refractivity contribution in [1.82, 2.24) is 24.4 Å². The van der Waals surface area contributed by atoms with Crippen LogP contribution in [-0.2, 0) is 7.05 Å². The molecule has 0 bridgehead atoms. The molecule has 1 aromatic carbocycles. The molecule has 0 saturated heterocycles. The normalized spacial score (nSPS) is 12.9. The van der Waals surface area contributed by atoms with Crippen LogP contribution in [0.5, 0.6) is 11.5 Å². The summed E-state index contributed by atoms with van der Waals surface area (Å²) in [4.78, 5) is 17.1. The van der Waals surface area contributed by atoms with Gasteiger partial charge in [0.1, 0.15) is 29.4 Å². The third kappa shape index (κ3) is 3.55. The number of hydrogen-bond acceptors (Lipinski definition) is 7. The van der Waals surface area contributed by atoms with Gasteiger partial charge in [-0.15, -0.1) is 0 Å². The summed E-state index contributed by atoms with van der Waals surface area (Å²) in [5.41, 5.74) is 1.97. The third-order valence-corrected chi connectivity index (χ3v) is 4.83. The molecule has 0 fully saturated rings. The fourth-order valence-electron chi connectivity index (χ4n) is 3.50. The molecular weight excluding hydrogens is 424 g/mol. The Morgan fingerprint density at radius 2 is 2.25 bits per heavy atom. The average Bonchev–Trinajstić information content (AvgIpc) is 3.36. The zero-order valence-corrected chi connectivity index (χ0v) is 16.7. The summed E-state index contributed by atoms with van der Waals surface area (Å²) >= 11 is 0. The number of nitrogens with one attached hydrogen (secondary N) is 2. The smallest absolute Gasteiger partial charge is 0.387 e. The molecule has 1 aliphatic heterocycles. The zero-order valence-electron chi connectivity index (χ0n) is 16.7. The minimum Gasteiger partial charge on any atom is -0.490 e. The van der Waals surface area contributed by atoms with E-state index in [2.05, 4.69) is 25.8 Å². The van der Waals surface area contributed by atoms with E-state index >= 15 is 0 Å². The van der Waals surface area contributed by atoms with Crippen LogP contribution >= 0.6 is 0 Å². The van der Waals surface area contributed by atoms with Crippen LogP contribution in [0.15, 0.2) is 43.0 Å². The highest BCUT2D eigenvalue weighted by Crippen LogP contribution is 2.42. The van der Waals surface area contributed by atoms with Crippen LogP contribution < -0.4 is 20.1 Å². The van der Waals surface area contributed by atoms with Crippen molar-refractivity contribution in [3.8, 4) is 22.8 Å². The maximum absolute atomic E-state index is 13.1. The van der Waals surface area contributed by atoms with Gasteiger partial charge >= 0.3 is 6.61 Å². The Balaban J connectivity index is 1.55. The van der Waals surface area contributed by atoms with Crippen molar-refractivity contribution in [3.63, 3.8) is 0 Å². The minimum absolute atomic E-state index is 0.0939. The predicted molar refractivity (Wildman–Crippen MR) is 110 cm³/mol. The van der Waals surface area contributed by atoms with Crippen LogP contribution in [0.2, 0.25) is 0 Å². The second-order valence-corrected chi connectivity index (χ2v) is 6.96. The standard InChI is InChI=1S/C20H17F2N7O3/c1-28-10-14(26-19(30)12-9-25-29-5-2-3-24-18(12)29)17(27-28)11-7-16-13(23-4-6-31-16)8-15(11)32-20(21)22/h2-3,5,7-10,20,23H,4,6H2,1H3,(H,26,30). The lowest BCUT2D eigenvalue weighted by atomic mass is 10.1. The van der Waals surface area contributed by atoms with Gasteiger partial charge in [0.05, 0.1) is 23.1 Å². The highest BCUT2D eigenvalue weighted by molar-refractivity contribution is 6.09. The SMILES string of the molecule is Cn1cc(NC(=O)c2cnn3cccnc23)c(-c2cc3c(cc2OC(F)F)NCCO3)n1. The van der Waals surface area contributed by atoms with Gasteiger partial charge in [-0.1, -0.05) is 0 Å². The molecule has 0 atom stereocenters. The van der Waals surface area contributed by atoms with Crippen molar-refractivity contribution >= 4 is 22.9 Å². The first-order valence-corrected chi connectivity index (χ1v) is 9.63. The van der Waals surface area contributed by atoms with E-state index in [0.29, 0.717) is 35.9 Å². The van der Waals surface area contributed by atoms with Crippen LogP contribution in [0.25, 0.3) is 16.9 Å². The molecule has 0 saturated carbocycles. The predicted octanol–water partition coefficient (Wildman–Crippen LogP) is 2.79. The molecule has 0 spiro atoms. The molecule has 1 amide bonds. The number of benzene rings is 1. The number of anilines is 2. The van der Waals surface area contributed by atoms with Crippen LogP contribution in [0, 0.1) is 0 Å². The Morgan fingerprint density at radius 3 is 3.09 bits per heavy atom. The van der Waals surface area contributed by atoms with E-state index < -0.39 is 12.5 Å². The maximum Gasteiger partial charge on any atom is 0.387 e. The maximum atomic E-state index is 13.1. The van der Waals surface area contributed by atoms with E-state index in [0.717, 1.165) is 0 Å². The highest BCUT2D eigenvalue weighted by atomic mass is 19.3. The number of carbonyl (C=O) groups excluding carboxylic acids is 1. The molecule has 0 aliphatic carbocycles. The number of aromatic nitrogens is 5. The largest absolute Gasteiger partial charge is 0.490 e. The second-order valence-electron chi connectivity index (χ2n) is 6.96. The molecule has 1 aliphatic rings. The molecule has 5 rings (SSSR count). The monoisotopic (exact) mass is 441 g/mol. The van der Waals surface area contributed by atoms with Crippen molar-refractivity contribution in [1.29, 1.82) is 0 Å². The quantitative estimate of drug-likeness (QED) is 0.490. The fraction of sp³-hybridized carbons (Fsp3) is 0.200. The van der Waals surface area contributed by atoms with Gasteiger partial charge in [0, 0.05) is 38.2 Å². The Labute approximate surface area is 179 Å². The number of alkyl halides is 2. The van der Waals surface area contributed by atoms with Crippen molar-refractivity contribution in [2.75, 3.05) is 23.8 Å². The molecule has 12 heteroatoms. The fourth-order valence-corrected chi connectivity index (χ4v) is 3.50. The molecule has 4 aromatic rings. The summed E-state index contributed by atoms with van der Waals surface area (Å²) in [6.45, 7) is -2.07. The first-order chi connectivity index (χ1) is 15.5. The Morgan fingerprint density at radius 1 is 1.38 bits per heavy atom. The molecule has 164 valence electrons. The van der Waals surface area contributed by atoms with Gasteiger partial charge < -0.3 is 20.1 Å². The zero-order chi connectivity index (χ0) is 22.2. The van der Waals surface area contributed by atoms with Gasteiger partial charge in [0.25, 0.3) is 5.91 Å². The molecule has 0 unspecified atom stereocenters. The average molecular weight is 441 g/mol. The molecule has 2 N–H and O–H groups in total. The molecule has 4 heterocycles. The number of aryl methyl sites for hydroxylation is 1. The lowest BCUT2D eigenvalue weighted by molar-refractivity contribution is -0.0494. The van der Waals surface area contributed by atoms with Gasteiger partial charge in [0.2, 0.25) is 0 Å². The van der Waals surface area contributed by atoms with Crippen LogP contribution in [0.1, 0.15) is 10.4 Å². The van der Waals surface area contributed by atoms with E-state index in [9.17, 15) is 13.6 Å². The lowest BCUT2D eigenvalue weighted by Gasteiger charge is -2.21. The molecule has 3 aromatic heterocycles. The van der Waals surface area contributed by atoms with Crippen molar-refractivity contribution in [3.05, 3.63) is 48.5 Å². The van der Waals surface area contributed by atoms with E-state index in [4.69, 9.17) is 9.47 Å². The van der Waals surface area contributed by atoms with Crippen molar-refractivity contribution in [2.24, 2.45) is 7.05 Å². The van der Waals surface area contributed by atoms with E-state index in [1.807, 2.05) is 0 Å². The van der Waals surface area contributed by atoms with Gasteiger partial charge in [-0.2, -0.15) is 19.0 Å². The van der Waals surface area contributed by atoms with Gasteiger partial charge in [-0.25, -0.2) is 9.50 Å². The summed E-state index contributed by atoms with van der Waals surface area (Å²) in [7, 11) is 1.65. The highest BCUT2D eigenvalue weighted by Gasteiger charge is 2.24. The Hall–Kier alpha value is -4.22. The minimum atomic E-state index is -3.04. The number of fused-ring (bicyclic) bond motifs is 2. The van der Waals surface area contributed by atoms with E-state index in [1.165, 1.54) is 21.5 Å². The number of ether oxygens (including phenoxy) is 2. The third-order valence-electron chi connectivity index (χ3n) is 4.83. The van der Waals surface area contributed by atoms with Crippen LogP contribution in [0.4, 0.5) is 20.2 Å². The summed E-state index contributed by atoms with van der Waals surface area (Å²) in [6.07, 6.45) is 6.19. The van der Waals surface area contributed by atoms with Crippen LogP contribution in [-0.4, -0.2) is 50.0 Å². The molecule has 10 nitrogen and oxygen atoms in total. The van der Waals surface area contributed by atoms with Crippen molar-refractivity contribution in [2.45, 2.75) is 6.61 Å². The summed E-state index contributed by atoms with van der Waals surface area (Å²) < 4.78 is 39.5. The number of amides is 1. The molecule has 32 heavy (non-hydrogen) atoms. The number of carbonyl (C=O) groups is 1. The summed E-state index contributed by atoms with van der Waals surface area (Å²) in [5, 5.41) is 14.3. The number of nitrogens with zero attached hydrogens (tertiary/aromatic N) is 5. The number of rotatable bonds is 5. The second kappa shape index (κ2) is 7.80. The lowest BCUT2D eigenvalue weighted by Crippen LogP contribution is -2.18. The molecular formula is C20H17F2N7O3. The Bertz CT molecular complexity index is 1320. The Kier molecular flexibility index (Phi) is 4.81. The summed E-state index contributed by atoms with van der Waals surface area (Å²) in [6, 6.07) is 4.69. The summed E-state index contributed by atoms with van der Waals surface area (Å²) in [5.74, 6) is -0.0913. The first-order valence-electron chi connectivity index (χ1n) is 9.63. The van der Waals surface area contributed by atoms with Gasteiger partial charge in [-0.3, -0.25) is 9.48 Å². The number of halogens is 2. The number of hydrogen-bond donors (Lipinski definition) is 2. The van der Waals surface area contributed by atoms with Crippen molar-refractivity contribution < 1.29 is 23.0 Å². The van der Waals surface area contributed by atoms with Gasteiger partial charge in [0.15, 0.2) is 5.65 Å². The first kappa shape index (κ1) is 19.7. The molecule has 0 radical (unpaired) electrons. The van der Waals surface area contributed by atoms with E-state index in [1.54, 1.807) is 37.8 Å². The van der Waals surface area contributed by atoms with Crippen LogP contribution in [0.3, 0.4) is 0 Å². The van der Waals surface area contributed by atoms with Gasteiger partial charge in [-0.05, 0) is 12.1 Å². The topological polar surface area (TPSA) is 108 Å². The van der Waals surface area contributed by atoms with E-state index in [-0.39, 0.29) is 22.6 Å².